The van der Waals surface area contributed by atoms with Crippen molar-refractivity contribution in [1.82, 2.24) is 20.3 Å². The topological polar surface area (TPSA) is 92.0 Å². The zero-order valence-electron chi connectivity index (χ0n) is 16.9. The SMILES string of the molecule is Cc1cc(Br)cnc1C(CCNC(N)=NCCCc1cnc[nH]1)c1ccc(F)cc1. The molecule has 1 aromatic carbocycles. The summed E-state index contributed by atoms with van der Waals surface area (Å²) in [5.74, 6) is 0.208. The van der Waals surface area contributed by atoms with Gasteiger partial charge in [-0.1, -0.05) is 12.1 Å². The van der Waals surface area contributed by atoms with Crippen molar-refractivity contribution in [1.29, 1.82) is 0 Å². The van der Waals surface area contributed by atoms with Crippen LogP contribution < -0.4 is 11.1 Å². The fourth-order valence-corrected chi connectivity index (χ4v) is 3.81. The van der Waals surface area contributed by atoms with E-state index < -0.39 is 0 Å². The highest BCUT2D eigenvalue weighted by molar-refractivity contribution is 9.10. The summed E-state index contributed by atoms with van der Waals surface area (Å²) in [5.41, 5.74) is 10.2. The molecule has 1 atom stereocenters. The smallest absolute Gasteiger partial charge is 0.188 e. The molecule has 0 fully saturated rings. The predicted molar refractivity (Wildman–Crippen MR) is 121 cm³/mol. The number of aryl methyl sites for hydroxylation is 2. The summed E-state index contributed by atoms with van der Waals surface area (Å²) in [4.78, 5) is 16.1. The quantitative estimate of drug-likeness (QED) is 0.248. The lowest BCUT2D eigenvalue weighted by molar-refractivity contribution is 0.623. The Balaban J connectivity index is 1.59. The highest BCUT2D eigenvalue weighted by Crippen LogP contribution is 2.29. The van der Waals surface area contributed by atoms with Crippen molar-refractivity contribution in [3.05, 3.63) is 81.9 Å². The molecule has 0 saturated heterocycles. The molecule has 3 rings (SSSR count). The first kappa shape index (κ1) is 22.0. The van der Waals surface area contributed by atoms with Gasteiger partial charge in [0, 0.05) is 41.6 Å². The summed E-state index contributed by atoms with van der Waals surface area (Å²) in [6, 6.07) is 8.65. The number of nitrogens with zero attached hydrogens (tertiary/aromatic N) is 3. The minimum Gasteiger partial charge on any atom is -0.370 e. The fourth-order valence-electron chi connectivity index (χ4n) is 3.36. The third kappa shape index (κ3) is 6.38. The monoisotopic (exact) mass is 472 g/mol. The molecule has 2 heterocycles. The summed E-state index contributed by atoms with van der Waals surface area (Å²) >= 11 is 3.46. The predicted octanol–water partition coefficient (Wildman–Crippen LogP) is 4.07. The Kier molecular flexibility index (Phi) is 7.96. The lowest BCUT2D eigenvalue weighted by atomic mass is 9.90. The summed E-state index contributed by atoms with van der Waals surface area (Å²) in [6.45, 7) is 3.31. The summed E-state index contributed by atoms with van der Waals surface area (Å²) in [5, 5.41) is 3.19. The molecule has 158 valence electrons. The van der Waals surface area contributed by atoms with E-state index in [0.29, 0.717) is 19.0 Å². The highest BCUT2D eigenvalue weighted by Gasteiger charge is 2.18. The number of halogens is 2. The van der Waals surface area contributed by atoms with Crippen molar-refractivity contribution < 1.29 is 4.39 Å². The van der Waals surface area contributed by atoms with Crippen molar-refractivity contribution >= 4 is 21.9 Å². The molecule has 0 radical (unpaired) electrons. The summed E-state index contributed by atoms with van der Waals surface area (Å²) in [7, 11) is 0. The van der Waals surface area contributed by atoms with Crippen LogP contribution in [-0.4, -0.2) is 34.0 Å². The van der Waals surface area contributed by atoms with Gasteiger partial charge < -0.3 is 16.0 Å². The standard InChI is InChI=1S/C22H26BrFN6/c1-15-11-17(23)12-29-21(15)20(16-4-6-18(24)7-5-16)8-10-28-22(25)27-9-2-3-19-13-26-14-30-19/h4-7,11-14,20H,2-3,8-10H2,1H3,(H,26,30)(H3,25,27,28). The lowest BCUT2D eigenvalue weighted by Gasteiger charge is -2.20. The first-order chi connectivity index (χ1) is 14.5. The molecule has 0 aliphatic carbocycles. The molecule has 0 bridgehead atoms. The van der Waals surface area contributed by atoms with Crippen LogP contribution >= 0.6 is 15.9 Å². The van der Waals surface area contributed by atoms with E-state index in [9.17, 15) is 4.39 Å². The second-order valence-electron chi connectivity index (χ2n) is 7.12. The summed E-state index contributed by atoms with van der Waals surface area (Å²) in [6.07, 6.45) is 7.82. The Hall–Kier alpha value is -2.74. The van der Waals surface area contributed by atoms with Crippen LogP contribution in [0.3, 0.4) is 0 Å². The van der Waals surface area contributed by atoms with E-state index in [2.05, 4.69) is 41.2 Å². The van der Waals surface area contributed by atoms with Gasteiger partial charge in [0.05, 0.1) is 12.0 Å². The average molecular weight is 473 g/mol. The van der Waals surface area contributed by atoms with Gasteiger partial charge in [0.15, 0.2) is 5.96 Å². The molecule has 4 N–H and O–H groups in total. The van der Waals surface area contributed by atoms with Gasteiger partial charge in [-0.25, -0.2) is 9.37 Å². The van der Waals surface area contributed by atoms with Crippen molar-refractivity contribution in [3.8, 4) is 0 Å². The second kappa shape index (κ2) is 10.9. The summed E-state index contributed by atoms with van der Waals surface area (Å²) < 4.78 is 14.3. The highest BCUT2D eigenvalue weighted by atomic mass is 79.9. The fraction of sp³-hybridized carbons (Fsp3) is 0.318. The van der Waals surface area contributed by atoms with E-state index in [4.69, 9.17) is 5.73 Å². The Bertz CT molecular complexity index is 956. The van der Waals surface area contributed by atoms with Gasteiger partial charge in [0.25, 0.3) is 0 Å². The number of nitrogens with one attached hydrogen (secondary N) is 2. The number of hydrogen-bond donors (Lipinski definition) is 3. The third-order valence-electron chi connectivity index (χ3n) is 4.87. The minimum atomic E-state index is -0.248. The van der Waals surface area contributed by atoms with Crippen LogP contribution in [0.15, 0.2) is 58.5 Å². The number of nitrogens with two attached hydrogens (primary N) is 1. The Morgan fingerprint density at radius 2 is 2.10 bits per heavy atom. The Morgan fingerprint density at radius 3 is 2.80 bits per heavy atom. The second-order valence-corrected chi connectivity index (χ2v) is 8.04. The largest absolute Gasteiger partial charge is 0.370 e. The number of benzene rings is 1. The zero-order chi connectivity index (χ0) is 21.3. The molecule has 0 aliphatic heterocycles. The number of aromatic amines is 1. The lowest BCUT2D eigenvalue weighted by Crippen LogP contribution is -2.33. The maximum absolute atomic E-state index is 13.4. The number of aromatic nitrogens is 3. The third-order valence-corrected chi connectivity index (χ3v) is 5.30. The number of pyridine rings is 1. The number of H-pyrrole nitrogens is 1. The van der Waals surface area contributed by atoms with E-state index in [0.717, 1.165) is 46.2 Å². The van der Waals surface area contributed by atoms with E-state index in [1.807, 2.05) is 31.3 Å². The Morgan fingerprint density at radius 1 is 1.30 bits per heavy atom. The van der Waals surface area contributed by atoms with Crippen LogP contribution in [0.5, 0.6) is 0 Å². The van der Waals surface area contributed by atoms with Gasteiger partial charge in [0.2, 0.25) is 0 Å². The van der Waals surface area contributed by atoms with Gasteiger partial charge in [-0.2, -0.15) is 0 Å². The van der Waals surface area contributed by atoms with Crippen LogP contribution in [0.25, 0.3) is 0 Å². The number of rotatable bonds is 9. The molecule has 1 unspecified atom stereocenters. The molecule has 0 amide bonds. The van der Waals surface area contributed by atoms with E-state index in [1.54, 1.807) is 12.5 Å². The van der Waals surface area contributed by atoms with Gasteiger partial charge in [0.1, 0.15) is 5.82 Å². The maximum Gasteiger partial charge on any atom is 0.188 e. The molecular formula is C22H26BrFN6. The maximum atomic E-state index is 13.4. The number of hydrogen-bond acceptors (Lipinski definition) is 3. The van der Waals surface area contributed by atoms with Crippen LogP contribution in [0.1, 0.15) is 41.3 Å². The molecule has 0 aliphatic rings. The molecule has 8 heteroatoms. The molecule has 3 aromatic rings. The van der Waals surface area contributed by atoms with Crippen molar-refractivity contribution in [2.75, 3.05) is 13.1 Å². The van der Waals surface area contributed by atoms with Crippen LogP contribution in [0, 0.1) is 12.7 Å². The number of imidazole rings is 1. The van der Waals surface area contributed by atoms with E-state index >= 15 is 0 Å². The van der Waals surface area contributed by atoms with Crippen molar-refractivity contribution in [2.24, 2.45) is 10.7 Å². The normalized spacial score (nSPS) is 12.7. The van der Waals surface area contributed by atoms with Crippen LogP contribution in [-0.2, 0) is 6.42 Å². The van der Waals surface area contributed by atoms with Gasteiger partial charge in [-0.05, 0) is 71.4 Å². The molecule has 6 nitrogen and oxygen atoms in total. The van der Waals surface area contributed by atoms with Gasteiger partial charge in [-0.3, -0.25) is 9.98 Å². The minimum absolute atomic E-state index is 0.0272. The van der Waals surface area contributed by atoms with Crippen molar-refractivity contribution in [3.63, 3.8) is 0 Å². The molecule has 0 saturated carbocycles. The van der Waals surface area contributed by atoms with E-state index in [-0.39, 0.29) is 11.7 Å². The molecule has 0 spiro atoms. The first-order valence-corrected chi connectivity index (χ1v) is 10.7. The van der Waals surface area contributed by atoms with Crippen LogP contribution in [0.2, 0.25) is 0 Å². The number of aliphatic imine (C=N–C) groups is 1. The Labute approximate surface area is 184 Å². The molecular weight excluding hydrogens is 447 g/mol. The molecule has 2 aromatic heterocycles. The zero-order valence-corrected chi connectivity index (χ0v) is 18.5. The van der Waals surface area contributed by atoms with Crippen molar-refractivity contribution in [2.45, 2.75) is 32.1 Å². The van der Waals surface area contributed by atoms with E-state index in [1.165, 1.54) is 12.1 Å². The van der Waals surface area contributed by atoms with Gasteiger partial charge >= 0.3 is 0 Å². The van der Waals surface area contributed by atoms with Gasteiger partial charge in [-0.15, -0.1) is 0 Å². The first-order valence-electron chi connectivity index (χ1n) is 9.91. The average Bonchev–Trinajstić information content (AvgIpc) is 3.24. The molecule has 30 heavy (non-hydrogen) atoms. The number of guanidine groups is 1. The van der Waals surface area contributed by atoms with Crippen LogP contribution in [0.4, 0.5) is 4.39 Å².